The van der Waals surface area contributed by atoms with E-state index in [4.69, 9.17) is 5.11 Å². The molecule has 0 atom stereocenters. The zero-order valence-electron chi connectivity index (χ0n) is 9.67. The maximum Gasteiger partial charge on any atom is 0.313 e. The summed E-state index contributed by atoms with van der Waals surface area (Å²) in [4.78, 5) is 19.0. The highest BCUT2D eigenvalue weighted by Gasteiger charge is 2.12. The van der Waals surface area contributed by atoms with Crippen LogP contribution < -0.4 is 0 Å². The molecule has 2 aromatic heterocycles. The minimum absolute atomic E-state index is 0.0139. The van der Waals surface area contributed by atoms with E-state index in [1.165, 1.54) is 18.1 Å². The first-order chi connectivity index (χ1) is 8.13. The van der Waals surface area contributed by atoms with Gasteiger partial charge in [0.05, 0.1) is 16.8 Å². The molecule has 0 unspecified atom stereocenters. The lowest BCUT2D eigenvalue weighted by Gasteiger charge is -2.06. The zero-order chi connectivity index (χ0) is 12.4. The SMILES string of the molecule is CCn1c(C)cc2ncnc(SCC(=O)O)c21. The molecule has 0 amide bonds. The van der Waals surface area contributed by atoms with E-state index >= 15 is 0 Å². The number of aromatic nitrogens is 3. The predicted molar refractivity (Wildman–Crippen MR) is 66.3 cm³/mol. The molecular weight excluding hydrogens is 238 g/mol. The number of carbonyl (C=O) groups is 1. The first-order valence-electron chi connectivity index (χ1n) is 5.29. The third-order valence-corrected chi connectivity index (χ3v) is 3.47. The molecule has 2 heterocycles. The molecule has 0 aliphatic heterocycles. The van der Waals surface area contributed by atoms with Crippen molar-refractivity contribution in [2.24, 2.45) is 0 Å². The topological polar surface area (TPSA) is 68.0 Å². The van der Waals surface area contributed by atoms with Crippen molar-refractivity contribution in [1.29, 1.82) is 0 Å². The van der Waals surface area contributed by atoms with Crippen LogP contribution in [0.5, 0.6) is 0 Å². The number of thioether (sulfide) groups is 1. The van der Waals surface area contributed by atoms with E-state index < -0.39 is 5.97 Å². The maximum absolute atomic E-state index is 10.6. The molecule has 5 nitrogen and oxygen atoms in total. The number of rotatable bonds is 4. The van der Waals surface area contributed by atoms with Gasteiger partial charge in [0.15, 0.2) is 0 Å². The number of aryl methyl sites for hydroxylation is 2. The molecule has 0 radical (unpaired) electrons. The van der Waals surface area contributed by atoms with Gasteiger partial charge in [-0.1, -0.05) is 11.8 Å². The molecule has 0 aliphatic rings. The summed E-state index contributed by atoms with van der Waals surface area (Å²) >= 11 is 1.23. The molecule has 0 aromatic carbocycles. The van der Waals surface area contributed by atoms with Crippen LogP contribution in [0.1, 0.15) is 12.6 Å². The number of fused-ring (bicyclic) bond motifs is 1. The fraction of sp³-hybridized carbons (Fsp3) is 0.364. The van der Waals surface area contributed by atoms with Crippen LogP contribution in [0.25, 0.3) is 11.0 Å². The first kappa shape index (κ1) is 11.9. The van der Waals surface area contributed by atoms with Gasteiger partial charge in [-0.05, 0) is 19.9 Å². The summed E-state index contributed by atoms with van der Waals surface area (Å²) in [5.41, 5.74) is 2.91. The number of aliphatic carboxylic acids is 1. The molecule has 0 bridgehead atoms. The molecule has 0 spiro atoms. The molecule has 90 valence electrons. The van der Waals surface area contributed by atoms with E-state index in [9.17, 15) is 4.79 Å². The molecule has 0 saturated carbocycles. The van der Waals surface area contributed by atoms with E-state index in [1.807, 2.05) is 19.9 Å². The molecule has 2 rings (SSSR count). The molecule has 17 heavy (non-hydrogen) atoms. The Hall–Kier alpha value is -1.56. The summed E-state index contributed by atoms with van der Waals surface area (Å²) in [6.45, 7) is 4.88. The Morgan fingerprint density at radius 2 is 2.29 bits per heavy atom. The third-order valence-electron chi connectivity index (χ3n) is 2.51. The average molecular weight is 251 g/mol. The molecule has 6 heteroatoms. The van der Waals surface area contributed by atoms with Gasteiger partial charge in [0.1, 0.15) is 11.4 Å². The van der Waals surface area contributed by atoms with E-state index in [2.05, 4.69) is 14.5 Å². The highest BCUT2D eigenvalue weighted by atomic mass is 32.2. The molecular formula is C11H13N3O2S. The quantitative estimate of drug-likeness (QED) is 0.664. The van der Waals surface area contributed by atoms with Crippen molar-refractivity contribution in [1.82, 2.24) is 14.5 Å². The second-order valence-electron chi connectivity index (χ2n) is 3.63. The van der Waals surface area contributed by atoms with Crippen LogP contribution in [-0.4, -0.2) is 31.4 Å². The summed E-state index contributed by atoms with van der Waals surface area (Å²) in [6.07, 6.45) is 1.48. The number of carboxylic acid groups (broad SMARTS) is 1. The minimum Gasteiger partial charge on any atom is -0.481 e. The molecule has 2 aromatic rings. The Balaban J connectivity index is 2.50. The monoisotopic (exact) mass is 251 g/mol. The van der Waals surface area contributed by atoms with Crippen LogP contribution in [-0.2, 0) is 11.3 Å². The van der Waals surface area contributed by atoms with Gasteiger partial charge in [0.2, 0.25) is 0 Å². The van der Waals surface area contributed by atoms with E-state index in [0.717, 1.165) is 28.3 Å². The van der Waals surface area contributed by atoms with Crippen LogP contribution in [0, 0.1) is 6.92 Å². The zero-order valence-corrected chi connectivity index (χ0v) is 10.5. The van der Waals surface area contributed by atoms with Gasteiger partial charge in [0.25, 0.3) is 0 Å². The lowest BCUT2D eigenvalue weighted by atomic mass is 10.4. The summed E-state index contributed by atoms with van der Waals surface area (Å²) < 4.78 is 2.10. The maximum atomic E-state index is 10.6. The number of carboxylic acids is 1. The summed E-state index contributed by atoms with van der Waals surface area (Å²) in [6, 6.07) is 1.99. The van der Waals surface area contributed by atoms with Gasteiger partial charge in [0, 0.05) is 12.2 Å². The second kappa shape index (κ2) is 4.75. The van der Waals surface area contributed by atoms with Crippen molar-refractivity contribution < 1.29 is 9.90 Å². The summed E-state index contributed by atoms with van der Waals surface area (Å²) in [5, 5.41) is 9.44. The average Bonchev–Trinajstić information content (AvgIpc) is 2.62. The lowest BCUT2D eigenvalue weighted by molar-refractivity contribution is -0.133. The summed E-state index contributed by atoms with van der Waals surface area (Å²) in [7, 11) is 0. The van der Waals surface area contributed by atoms with Crippen molar-refractivity contribution in [3.63, 3.8) is 0 Å². The number of hydrogen-bond acceptors (Lipinski definition) is 4. The van der Waals surface area contributed by atoms with E-state index in [-0.39, 0.29) is 5.75 Å². The van der Waals surface area contributed by atoms with E-state index in [0.29, 0.717) is 0 Å². The Morgan fingerprint density at radius 3 is 2.94 bits per heavy atom. The van der Waals surface area contributed by atoms with Crippen LogP contribution in [0.2, 0.25) is 0 Å². The number of hydrogen-bond donors (Lipinski definition) is 1. The first-order valence-corrected chi connectivity index (χ1v) is 6.27. The van der Waals surface area contributed by atoms with Gasteiger partial charge in [-0.2, -0.15) is 0 Å². The van der Waals surface area contributed by atoms with Crippen LogP contribution in [0.3, 0.4) is 0 Å². The van der Waals surface area contributed by atoms with Gasteiger partial charge in [-0.15, -0.1) is 0 Å². The molecule has 0 saturated heterocycles. The number of nitrogens with zero attached hydrogens (tertiary/aromatic N) is 3. The van der Waals surface area contributed by atoms with Gasteiger partial charge < -0.3 is 9.67 Å². The van der Waals surface area contributed by atoms with Crippen LogP contribution in [0.4, 0.5) is 0 Å². The standard InChI is InChI=1S/C11H13N3O2S/c1-3-14-7(2)4-8-10(14)11(13-6-12-8)17-5-9(15)16/h4,6H,3,5H2,1-2H3,(H,15,16). The largest absolute Gasteiger partial charge is 0.481 e. The van der Waals surface area contributed by atoms with Gasteiger partial charge in [-0.3, -0.25) is 4.79 Å². The van der Waals surface area contributed by atoms with E-state index in [1.54, 1.807) is 0 Å². The van der Waals surface area contributed by atoms with Gasteiger partial charge >= 0.3 is 5.97 Å². The highest BCUT2D eigenvalue weighted by Crippen LogP contribution is 2.26. The van der Waals surface area contributed by atoms with Crippen molar-refractivity contribution in [2.45, 2.75) is 25.4 Å². The predicted octanol–water partition coefficient (Wildman–Crippen LogP) is 1.94. The fourth-order valence-corrected chi connectivity index (χ4v) is 2.56. The third kappa shape index (κ3) is 2.26. The van der Waals surface area contributed by atoms with Gasteiger partial charge in [-0.25, -0.2) is 9.97 Å². The highest BCUT2D eigenvalue weighted by molar-refractivity contribution is 8.00. The Bertz CT molecular complexity index is 565. The van der Waals surface area contributed by atoms with Crippen LogP contribution >= 0.6 is 11.8 Å². The summed E-state index contributed by atoms with van der Waals surface area (Å²) in [5.74, 6) is -0.826. The normalized spacial score (nSPS) is 10.9. The lowest BCUT2D eigenvalue weighted by Crippen LogP contribution is -2.01. The van der Waals surface area contributed by atoms with Crippen molar-refractivity contribution in [3.05, 3.63) is 18.1 Å². The Kier molecular flexibility index (Phi) is 3.33. The van der Waals surface area contributed by atoms with Crippen molar-refractivity contribution >= 4 is 28.8 Å². The minimum atomic E-state index is -0.840. The Labute approximate surface area is 103 Å². The van der Waals surface area contributed by atoms with Crippen LogP contribution in [0.15, 0.2) is 17.4 Å². The molecule has 0 aliphatic carbocycles. The molecule has 0 fully saturated rings. The molecule has 1 N–H and O–H groups in total. The Morgan fingerprint density at radius 1 is 1.53 bits per heavy atom. The second-order valence-corrected chi connectivity index (χ2v) is 4.59. The van der Waals surface area contributed by atoms with Crippen molar-refractivity contribution in [2.75, 3.05) is 5.75 Å². The van der Waals surface area contributed by atoms with Crippen molar-refractivity contribution in [3.8, 4) is 0 Å². The smallest absolute Gasteiger partial charge is 0.313 e. The fourth-order valence-electron chi connectivity index (χ4n) is 1.83.